The molecule has 0 radical (unpaired) electrons. The first-order chi connectivity index (χ1) is 11.7. The Kier molecular flexibility index (Phi) is 7.25. The van der Waals surface area contributed by atoms with E-state index in [0.717, 1.165) is 47.9 Å². The van der Waals surface area contributed by atoms with E-state index in [2.05, 4.69) is 11.9 Å². The summed E-state index contributed by atoms with van der Waals surface area (Å²) in [6.45, 7) is 7.12. The summed E-state index contributed by atoms with van der Waals surface area (Å²) in [6, 6.07) is 8.01. The van der Waals surface area contributed by atoms with Gasteiger partial charge in [-0.15, -0.1) is 11.3 Å². The number of hydrogen-bond donors (Lipinski definition) is 0. The molecule has 0 aliphatic heterocycles. The molecule has 24 heavy (non-hydrogen) atoms. The molecule has 2 aromatic rings. The van der Waals surface area contributed by atoms with Crippen molar-refractivity contribution in [3.8, 4) is 5.75 Å². The second kappa shape index (κ2) is 9.42. The monoisotopic (exact) mass is 347 g/mol. The smallest absolute Gasteiger partial charge is 0.350 e. The zero-order chi connectivity index (χ0) is 17.4. The molecular weight excluding hydrogens is 322 g/mol. The molecule has 0 unspecified atom stereocenters. The topological polar surface area (TPSA) is 48.4 Å². The van der Waals surface area contributed by atoms with Crippen molar-refractivity contribution in [1.29, 1.82) is 0 Å². The average molecular weight is 347 g/mol. The van der Waals surface area contributed by atoms with Gasteiger partial charge in [0.15, 0.2) is 0 Å². The second-order valence-corrected chi connectivity index (χ2v) is 6.56. The first kappa shape index (κ1) is 18.5. The van der Waals surface area contributed by atoms with Gasteiger partial charge in [0.2, 0.25) is 0 Å². The van der Waals surface area contributed by atoms with E-state index in [9.17, 15) is 4.79 Å². The van der Waals surface area contributed by atoms with Gasteiger partial charge in [-0.05, 0) is 37.5 Å². The van der Waals surface area contributed by atoms with Gasteiger partial charge in [-0.2, -0.15) is 0 Å². The number of rotatable bonds is 9. The molecule has 0 bridgehead atoms. The van der Waals surface area contributed by atoms with Crippen LogP contribution < -0.4 is 4.74 Å². The standard InChI is InChI=1S/C19H25NO3S/c1-4-7-12-23-15-10-8-14(9-11-15)13-16-18(19(21)22-6-3)24-17(5-2)20-16/h8-11H,4-7,12-13H2,1-3H3. The van der Waals surface area contributed by atoms with E-state index in [0.29, 0.717) is 17.9 Å². The molecular formula is C19H25NO3S. The van der Waals surface area contributed by atoms with Crippen molar-refractivity contribution in [2.24, 2.45) is 0 Å². The number of carbonyl (C=O) groups excluding carboxylic acids is 1. The van der Waals surface area contributed by atoms with Crippen LogP contribution in [0.5, 0.6) is 5.75 Å². The predicted octanol–water partition coefficient (Wildman–Crippen LogP) is 4.65. The summed E-state index contributed by atoms with van der Waals surface area (Å²) in [6.07, 6.45) is 3.63. The number of nitrogens with zero attached hydrogens (tertiary/aromatic N) is 1. The third-order valence-corrected chi connectivity index (χ3v) is 4.79. The summed E-state index contributed by atoms with van der Waals surface area (Å²) in [5.74, 6) is 0.606. The van der Waals surface area contributed by atoms with Gasteiger partial charge < -0.3 is 9.47 Å². The van der Waals surface area contributed by atoms with Crippen LogP contribution in [0.1, 0.15) is 59.5 Å². The minimum atomic E-state index is -0.274. The molecule has 0 N–H and O–H groups in total. The average Bonchev–Trinajstić information content (AvgIpc) is 3.00. The van der Waals surface area contributed by atoms with E-state index in [-0.39, 0.29) is 5.97 Å². The molecule has 0 aliphatic carbocycles. The summed E-state index contributed by atoms with van der Waals surface area (Å²) in [5.41, 5.74) is 1.91. The number of ether oxygens (including phenoxy) is 2. The molecule has 0 saturated heterocycles. The molecule has 0 amide bonds. The molecule has 1 aromatic heterocycles. The lowest BCUT2D eigenvalue weighted by atomic mass is 10.1. The number of hydrogen-bond acceptors (Lipinski definition) is 5. The number of unbranched alkanes of at least 4 members (excludes halogenated alkanes) is 1. The summed E-state index contributed by atoms with van der Waals surface area (Å²) >= 11 is 1.43. The van der Waals surface area contributed by atoms with E-state index in [1.807, 2.05) is 38.1 Å². The minimum absolute atomic E-state index is 0.274. The van der Waals surface area contributed by atoms with Gasteiger partial charge >= 0.3 is 5.97 Å². The Balaban J connectivity index is 2.09. The number of carbonyl (C=O) groups is 1. The van der Waals surface area contributed by atoms with Gasteiger partial charge in [0.25, 0.3) is 0 Å². The highest BCUT2D eigenvalue weighted by molar-refractivity contribution is 7.13. The van der Waals surface area contributed by atoms with Crippen LogP contribution in [0.25, 0.3) is 0 Å². The van der Waals surface area contributed by atoms with Crippen LogP contribution in [0.4, 0.5) is 0 Å². The zero-order valence-corrected chi connectivity index (χ0v) is 15.4. The van der Waals surface area contributed by atoms with Crippen molar-refractivity contribution >= 4 is 17.3 Å². The van der Waals surface area contributed by atoms with Gasteiger partial charge in [0.05, 0.1) is 23.9 Å². The Labute approximate surface area is 147 Å². The van der Waals surface area contributed by atoms with E-state index < -0.39 is 0 Å². The summed E-state index contributed by atoms with van der Waals surface area (Å²) in [4.78, 5) is 17.3. The van der Waals surface area contributed by atoms with Crippen molar-refractivity contribution in [3.63, 3.8) is 0 Å². The normalized spacial score (nSPS) is 10.6. The Bertz CT molecular complexity index is 649. The summed E-state index contributed by atoms with van der Waals surface area (Å²) in [7, 11) is 0. The van der Waals surface area contributed by atoms with E-state index in [1.54, 1.807) is 0 Å². The Morgan fingerprint density at radius 1 is 1.17 bits per heavy atom. The summed E-state index contributed by atoms with van der Waals surface area (Å²) < 4.78 is 10.8. The SMILES string of the molecule is CCCCOc1ccc(Cc2nc(CC)sc2C(=O)OCC)cc1. The molecule has 1 heterocycles. The molecule has 4 nitrogen and oxygen atoms in total. The fourth-order valence-corrected chi connectivity index (χ4v) is 3.17. The van der Waals surface area contributed by atoms with Gasteiger partial charge in [-0.3, -0.25) is 0 Å². The van der Waals surface area contributed by atoms with Crippen LogP contribution in [0.2, 0.25) is 0 Å². The molecule has 2 rings (SSSR count). The fraction of sp³-hybridized carbons (Fsp3) is 0.474. The lowest BCUT2D eigenvalue weighted by Crippen LogP contribution is -2.06. The van der Waals surface area contributed by atoms with Crippen LogP contribution in [0.15, 0.2) is 24.3 Å². The molecule has 0 spiro atoms. The Hall–Kier alpha value is -1.88. The highest BCUT2D eigenvalue weighted by Gasteiger charge is 2.18. The first-order valence-electron chi connectivity index (χ1n) is 8.55. The largest absolute Gasteiger partial charge is 0.494 e. The number of aryl methyl sites for hydroxylation is 1. The minimum Gasteiger partial charge on any atom is -0.494 e. The third-order valence-electron chi connectivity index (χ3n) is 3.57. The zero-order valence-electron chi connectivity index (χ0n) is 14.6. The summed E-state index contributed by atoms with van der Waals surface area (Å²) in [5, 5.41) is 0.965. The van der Waals surface area contributed by atoms with Gasteiger partial charge in [0.1, 0.15) is 10.6 Å². The Morgan fingerprint density at radius 2 is 1.92 bits per heavy atom. The second-order valence-electron chi connectivity index (χ2n) is 5.48. The van der Waals surface area contributed by atoms with Crippen LogP contribution in [-0.2, 0) is 17.6 Å². The molecule has 0 aliphatic rings. The molecule has 130 valence electrons. The van der Waals surface area contributed by atoms with E-state index in [4.69, 9.17) is 9.47 Å². The van der Waals surface area contributed by atoms with Gasteiger partial charge in [-0.1, -0.05) is 32.4 Å². The maximum absolute atomic E-state index is 12.1. The Morgan fingerprint density at radius 3 is 2.54 bits per heavy atom. The number of esters is 1. The highest BCUT2D eigenvalue weighted by Crippen LogP contribution is 2.24. The number of thiazole rings is 1. The molecule has 5 heteroatoms. The fourth-order valence-electron chi connectivity index (χ4n) is 2.26. The van der Waals surface area contributed by atoms with Crippen molar-refractivity contribution in [3.05, 3.63) is 45.4 Å². The first-order valence-corrected chi connectivity index (χ1v) is 9.37. The van der Waals surface area contributed by atoms with Crippen LogP contribution in [0.3, 0.4) is 0 Å². The molecule has 0 fully saturated rings. The van der Waals surface area contributed by atoms with Crippen LogP contribution in [-0.4, -0.2) is 24.2 Å². The lowest BCUT2D eigenvalue weighted by molar-refractivity contribution is 0.0530. The maximum Gasteiger partial charge on any atom is 0.350 e. The number of benzene rings is 1. The highest BCUT2D eigenvalue weighted by atomic mass is 32.1. The quantitative estimate of drug-likeness (QED) is 0.489. The van der Waals surface area contributed by atoms with E-state index >= 15 is 0 Å². The van der Waals surface area contributed by atoms with Crippen molar-refractivity contribution < 1.29 is 14.3 Å². The third kappa shape index (κ3) is 5.06. The van der Waals surface area contributed by atoms with Crippen LogP contribution in [0, 0.1) is 0 Å². The predicted molar refractivity (Wildman–Crippen MR) is 97.1 cm³/mol. The van der Waals surface area contributed by atoms with Gasteiger partial charge in [0, 0.05) is 6.42 Å². The molecule has 1 aromatic carbocycles. The molecule has 0 atom stereocenters. The lowest BCUT2D eigenvalue weighted by Gasteiger charge is -2.07. The van der Waals surface area contributed by atoms with Crippen molar-refractivity contribution in [2.75, 3.05) is 13.2 Å². The van der Waals surface area contributed by atoms with Crippen molar-refractivity contribution in [1.82, 2.24) is 4.98 Å². The van der Waals surface area contributed by atoms with Crippen LogP contribution >= 0.6 is 11.3 Å². The van der Waals surface area contributed by atoms with Gasteiger partial charge in [-0.25, -0.2) is 9.78 Å². The molecule has 0 saturated carbocycles. The van der Waals surface area contributed by atoms with Crippen molar-refractivity contribution in [2.45, 2.75) is 46.5 Å². The van der Waals surface area contributed by atoms with E-state index in [1.165, 1.54) is 11.3 Å². The number of aromatic nitrogens is 1. The maximum atomic E-state index is 12.1.